The van der Waals surface area contributed by atoms with Crippen molar-refractivity contribution in [1.29, 1.82) is 0 Å². The number of rotatable bonds is 3. The van der Waals surface area contributed by atoms with E-state index in [0.717, 1.165) is 16.9 Å². The van der Waals surface area contributed by atoms with Gasteiger partial charge in [0.15, 0.2) is 0 Å². The Morgan fingerprint density at radius 1 is 0.773 bits per heavy atom. The molecule has 0 aliphatic heterocycles. The average Bonchev–Trinajstić information content (AvgIpc) is 2.92. The quantitative estimate of drug-likeness (QED) is 0.459. The van der Waals surface area contributed by atoms with E-state index < -0.39 is 0 Å². The number of benzene rings is 3. The summed E-state index contributed by atoms with van der Waals surface area (Å²) in [6.07, 6.45) is 1.86. The van der Waals surface area contributed by atoms with Crippen LogP contribution >= 0.6 is 11.3 Å². The Bertz CT molecular complexity index is 981. The van der Waals surface area contributed by atoms with Crippen molar-refractivity contribution >= 4 is 49.0 Å². The van der Waals surface area contributed by atoms with Gasteiger partial charge >= 0.3 is 0 Å². The second kappa shape index (κ2) is 5.32. The van der Waals surface area contributed by atoms with Gasteiger partial charge in [-0.3, -0.25) is 0 Å². The van der Waals surface area contributed by atoms with Crippen molar-refractivity contribution in [3.63, 3.8) is 0 Å². The fourth-order valence-electron chi connectivity index (χ4n) is 2.71. The van der Waals surface area contributed by atoms with Gasteiger partial charge in [0.25, 0.3) is 0 Å². The zero-order valence-corrected chi connectivity index (χ0v) is 12.9. The molecule has 0 radical (unpaired) electrons. The van der Waals surface area contributed by atoms with Crippen LogP contribution in [0.25, 0.3) is 26.2 Å². The van der Waals surface area contributed by atoms with Crippen LogP contribution in [-0.2, 0) is 0 Å². The third-order valence-corrected chi connectivity index (χ3v) is 4.92. The minimum Gasteiger partial charge on any atom is -0.355 e. The lowest BCUT2D eigenvalue weighted by atomic mass is 10.1. The van der Waals surface area contributed by atoms with Crippen LogP contribution in [0.2, 0.25) is 0 Å². The van der Waals surface area contributed by atoms with Crippen molar-refractivity contribution in [1.82, 2.24) is 0 Å². The summed E-state index contributed by atoms with van der Waals surface area (Å²) in [6, 6.07) is 23.4. The van der Waals surface area contributed by atoms with Crippen molar-refractivity contribution in [2.75, 3.05) is 5.32 Å². The lowest BCUT2D eigenvalue weighted by Gasteiger charge is -2.07. The molecule has 0 fully saturated rings. The molecule has 106 valence electrons. The summed E-state index contributed by atoms with van der Waals surface area (Å²) in [5.74, 6) is 0. The Kier molecular flexibility index (Phi) is 3.17. The van der Waals surface area contributed by atoms with Crippen molar-refractivity contribution in [2.45, 2.75) is 0 Å². The van der Waals surface area contributed by atoms with Crippen LogP contribution in [0.5, 0.6) is 0 Å². The number of hydrogen-bond acceptors (Lipinski definition) is 2. The molecular weight excluding hydrogens is 286 g/mol. The predicted molar refractivity (Wildman–Crippen MR) is 99.1 cm³/mol. The molecule has 0 unspecified atom stereocenters. The average molecular weight is 301 g/mol. The highest BCUT2D eigenvalue weighted by molar-refractivity contribution is 7.25. The van der Waals surface area contributed by atoms with Gasteiger partial charge in [-0.2, -0.15) is 0 Å². The number of hydrogen-bond donors (Lipinski definition) is 1. The van der Waals surface area contributed by atoms with Gasteiger partial charge in [-0.15, -0.1) is 11.3 Å². The van der Waals surface area contributed by atoms with Gasteiger partial charge in [-0.1, -0.05) is 49.1 Å². The molecule has 0 spiro atoms. The van der Waals surface area contributed by atoms with Gasteiger partial charge in [-0.05, 0) is 35.9 Å². The lowest BCUT2D eigenvalue weighted by molar-refractivity contribution is 1.56. The highest BCUT2D eigenvalue weighted by atomic mass is 32.1. The Morgan fingerprint density at radius 2 is 1.59 bits per heavy atom. The monoisotopic (exact) mass is 301 g/mol. The summed E-state index contributed by atoms with van der Waals surface area (Å²) in [5.41, 5.74) is 3.31. The van der Waals surface area contributed by atoms with Gasteiger partial charge in [0.05, 0.1) is 0 Å². The van der Waals surface area contributed by atoms with Crippen molar-refractivity contribution in [2.24, 2.45) is 0 Å². The zero-order chi connectivity index (χ0) is 14.9. The fourth-order valence-corrected chi connectivity index (χ4v) is 3.86. The Morgan fingerprint density at radius 3 is 2.50 bits per heavy atom. The van der Waals surface area contributed by atoms with E-state index in [1.54, 1.807) is 0 Å². The lowest BCUT2D eigenvalue weighted by Crippen LogP contribution is -1.89. The zero-order valence-electron chi connectivity index (χ0n) is 12.0. The van der Waals surface area contributed by atoms with Gasteiger partial charge in [0.1, 0.15) is 0 Å². The smallest absolute Gasteiger partial charge is 0.0398 e. The molecule has 0 saturated heterocycles. The van der Waals surface area contributed by atoms with E-state index in [4.69, 9.17) is 0 Å². The summed E-state index contributed by atoms with van der Waals surface area (Å²) in [5, 5.41) is 6.13. The molecule has 1 nitrogen and oxygen atoms in total. The molecule has 1 aromatic heterocycles. The molecule has 3 aromatic carbocycles. The molecule has 0 saturated carbocycles. The number of nitrogens with one attached hydrogen (secondary N) is 1. The number of thiophene rings is 1. The SMILES string of the molecule is C=Cc1cccc(Nc2ccc3c(c2)sc2ccccc23)c1. The molecule has 0 aliphatic rings. The molecular formula is C20H15NS. The van der Waals surface area contributed by atoms with Crippen LogP contribution in [0, 0.1) is 0 Å². The summed E-state index contributed by atoms with van der Waals surface area (Å²) < 4.78 is 2.65. The van der Waals surface area contributed by atoms with E-state index in [1.165, 1.54) is 20.2 Å². The highest BCUT2D eigenvalue weighted by Crippen LogP contribution is 2.35. The minimum absolute atomic E-state index is 1.08. The first kappa shape index (κ1) is 13.1. The Labute approximate surface area is 133 Å². The van der Waals surface area contributed by atoms with E-state index in [-0.39, 0.29) is 0 Å². The van der Waals surface area contributed by atoms with Crippen LogP contribution < -0.4 is 5.32 Å². The predicted octanol–water partition coefficient (Wildman–Crippen LogP) is 6.44. The molecule has 0 bridgehead atoms. The van der Waals surface area contributed by atoms with E-state index in [0.29, 0.717) is 0 Å². The van der Waals surface area contributed by atoms with Crippen LogP contribution in [0.4, 0.5) is 11.4 Å². The molecule has 4 aromatic rings. The van der Waals surface area contributed by atoms with E-state index in [9.17, 15) is 0 Å². The van der Waals surface area contributed by atoms with E-state index >= 15 is 0 Å². The number of fused-ring (bicyclic) bond motifs is 3. The van der Waals surface area contributed by atoms with E-state index in [2.05, 4.69) is 66.5 Å². The molecule has 0 aliphatic carbocycles. The molecule has 22 heavy (non-hydrogen) atoms. The maximum absolute atomic E-state index is 3.82. The van der Waals surface area contributed by atoms with Crippen molar-refractivity contribution in [3.05, 3.63) is 78.9 Å². The topological polar surface area (TPSA) is 12.0 Å². The second-order valence-electron chi connectivity index (χ2n) is 5.26. The van der Waals surface area contributed by atoms with Gasteiger partial charge in [0, 0.05) is 31.5 Å². The molecule has 0 atom stereocenters. The standard InChI is InChI=1S/C20H15NS/c1-2-14-6-5-7-15(12-14)21-16-10-11-18-17-8-3-4-9-19(17)22-20(18)13-16/h2-13,21H,1H2. The van der Waals surface area contributed by atoms with Crippen LogP contribution in [0.3, 0.4) is 0 Å². The van der Waals surface area contributed by atoms with Gasteiger partial charge < -0.3 is 5.32 Å². The summed E-state index contributed by atoms with van der Waals surface area (Å²) in [4.78, 5) is 0. The van der Waals surface area contributed by atoms with Crippen LogP contribution in [0.15, 0.2) is 73.3 Å². The third-order valence-electron chi connectivity index (χ3n) is 3.79. The molecule has 0 amide bonds. The maximum Gasteiger partial charge on any atom is 0.0398 e. The normalized spacial score (nSPS) is 10.9. The Balaban J connectivity index is 1.75. The summed E-state index contributed by atoms with van der Waals surface area (Å²) >= 11 is 1.84. The van der Waals surface area contributed by atoms with Crippen molar-refractivity contribution < 1.29 is 0 Å². The van der Waals surface area contributed by atoms with Crippen molar-refractivity contribution in [3.8, 4) is 0 Å². The minimum atomic E-state index is 1.08. The molecule has 1 N–H and O–H groups in total. The largest absolute Gasteiger partial charge is 0.355 e. The van der Waals surface area contributed by atoms with E-state index in [1.807, 2.05) is 29.5 Å². The first-order valence-corrected chi connectivity index (χ1v) is 8.06. The summed E-state index contributed by atoms with van der Waals surface area (Å²) in [7, 11) is 0. The molecule has 4 rings (SSSR count). The molecule has 2 heteroatoms. The first-order chi connectivity index (χ1) is 10.8. The molecule has 1 heterocycles. The summed E-state index contributed by atoms with van der Waals surface area (Å²) in [6.45, 7) is 3.82. The number of anilines is 2. The Hall–Kier alpha value is -2.58. The van der Waals surface area contributed by atoms with Gasteiger partial charge in [0.2, 0.25) is 0 Å². The maximum atomic E-state index is 3.82. The fraction of sp³-hybridized carbons (Fsp3) is 0. The van der Waals surface area contributed by atoms with Crippen LogP contribution in [-0.4, -0.2) is 0 Å². The second-order valence-corrected chi connectivity index (χ2v) is 6.35. The van der Waals surface area contributed by atoms with Crippen LogP contribution in [0.1, 0.15) is 5.56 Å². The van der Waals surface area contributed by atoms with Gasteiger partial charge in [-0.25, -0.2) is 0 Å². The first-order valence-electron chi connectivity index (χ1n) is 7.24. The third kappa shape index (κ3) is 2.28. The highest BCUT2D eigenvalue weighted by Gasteiger charge is 2.05.